The van der Waals surface area contributed by atoms with Crippen molar-refractivity contribution in [3.8, 4) is 0 Å². The van der Waals surface area contributed by atoms with E-state index >= 15 is 0 Å². The van der Waals surface area contributed by atoms with E-state index in [9.17, 15) is 0 Å². The van der Waals surface area contributed by atoms with Gasteiger partial charge in [-0.1, -0.05) is 43.7 Å². The van der Waals surface area contributed by atoms with E-state index in [1.807, 2.05) is 18.5 Å². The molecular weight excluding hydrogens is 250 g/mol. The smallest absolute Gasteiger partial charge is 0.0640 e. The molecule has 0 aliphatic carbocycles. The first-order valence-electron chi connectivity index (χ1n) is 7.24. The Morgan fingerprint density at radius 1 is 1.30 bits per heavy atom. The van der Waals surface area contributed by atoms with Gasteiger partial charge in [-0.3, -0.25) is 4.68 Å². The standard InChI is InChI=1S/C16H23N3O/c1-2-6-16(15-7-4-3-5-8-15)17-11-14-12-18-19(13-14)9-10-20/h3-5,7-8,12-13,16-17,20H,2,6,9-11H2,1H3. The van der Waals surface area contributed by atoms with Gasteiger partial charge in [0.25, 0.3) is 0 Å². The molecule has 0 saturated carbocycles. The summed E-state index contributed by atoms with van der Waals surface area (Å²) < 4.78 is 1.77. The Morgan fingerprint density at radius 3 is 2.80 bits per heavy atom. The summed E-state index contributed by atoms with van der Waals surface area (Å²) in [5.74, 6) is 0. The normalized spacial score (nSPS) is 12.5. The van der Waals surface area contributed by atoms with Gasteiger partial charge in [0, 0.05) is 24.3 Å². The second-order valence-electron chi connectivity index (χ2n) is 4.97. The third-order valence-corrected chi connectivity index (χ3v) is 3.35. The molecule has 4 heteroatoms. The van der Waals surface area contributed by atoms with Crippen molar-refractivity contribution in [2.45, 2.75) is 38.9 Å². The van der Waals surface area contributed by atoms with Gasteiger partial charge in [-0.15, -0.1) is 0 Å². The number of nitrogens with one attached hydrogen (secondary N) is 1. The predicted molar refractivity (Wildman–Crippen MR) is 80.2 cm³/mol. The van der Waals surface area contributed by atoms with Crippen LogP contribution in [0.25, 0.3) is 0 Å². The summed E-state index contributed by atoms with van der Waals surface area (Å²) in [6.07, 6.45) is 6.11. The molecule has 0 aliphatic rings. The third kappa shape index (κ3) is 4.18. The average molecular weight is 273 g/mol. The number of aliphatic hydroxyl groups excluding tert-OH is 1. The molecule has 0 aliphatic heterocycles. The second-order valence-corrected chi connectivity index (χ2v) is 4.97. The first-order valence-corrected chi connectivity index (χ1v) is 7.24. The molecular formula is C16H23N3O. The highest BCUT2D eigenvalue weighted by molar-refractivity contribution is 5.19. The van der Waals surface area contributed by atoms with Crippen LogP contribution in [0.2, 0.25) is 0 Å². The first-order chi connectivity index (χ1) is 9.83. The van der Waals surface area contributed by atoms with Crippen molar-refractivity contribution >= 4 is 0 Å². The van der Waals surface area contributed by atoms with Crippen molar-refractivity contribution in [3.63, 3.8) is 0 Å². The predicted octanol–water partition coefficient (Wildman–Crippen LogP) is 2.51. The Hall–Kier alpha value is -1.65. The second kappa shape index (κ2) is 7.82. The largest absolute Gasteiger partial charge is 0.394 e. The number of rotatable bonds is 8. The molecule has 4 nitrogen and oxygen atoms in total. The topological polar surface area (TPSA) is 50.1 Å². The molecule has 0 saturated heterocycles. The Morgan fingerprint density at radius 2 is 2.10 bits per heavy atom. The summed E-state index contributed by atoms with van der Waals surface area (Å²) in [5.41, 5.74) is 2.48. The molecule has 1 aromatic carbocycles. The molecule has 1 unspecified atom stereocenters. The number of aliphatic hydroxyl groups is 1. The van der Waals surface area contributed by atoms with Gasteiger partial charge in [0.2, 0.25) is 0 Å². The van der Waals surface area contributed by atoms with Gasteiger partial charge in [0.1, 0.15) is 0 Å². The zero-order valence-corrected chi connectivity index (χ0v) is 12.0. The van der Waals surface area contributed by atoms with Crippen molar-refractivity contribution in [3.05, 3.63) is 53.9 Å². The van der Waals surface area contributed by atoms with E-state index in [1.165, 1.54) is 5.56 Å². The lowest BCUT2D eigenvalue weighted by atomic mass is 10.0. The van der Waals surface area contributed by atoms with Crippen LogP contribution in [0.15, 0.2) is 42.7 Å². The minimum Gasteiger partial charge on any atom is -0.394 e. The maximum atomic E-state index is 8.89. The molecule has 2 aromatic rings. The lowest BCUT2D eigenvalue weighted by Crippen LogP contribution is -2.20. The van der Waals surface area contributed by atoms with Crippen LogP contribution in [0.3, 0.4) is 0 Å². The van der Waals surface area contributed by atoms with Gasteiger partial charge >= 0.3 is 0 Å². The van der Waals surface area contributed by atoms with Crippen molar-refractivity contribution in [1.82, 2.24) is 15.1 Å². The molecule has 0 amide bonds. The maximum Gasteiger partial charge on any atom is 0.0640 e. The van der Waals surface area contributed by atoms with Crippen molar-refractivity contribution < 1.29 is 5.11 Å². The van der Waals surface area contributed by atoms with Crippen LogP contribution in [0.1, 0.15) is 36.9 Å². The van der Waals surface area contributed by atoms with Crippen molar-refractivity contribution in [2.24, 2.45) is 0 Å². The van der Waals surface area contributed by atoms with E-state index in [1.54, 1.807) is 4.68 Å². The molecule has 20 heavy (non-hydrogen) atoms. The molecule has 0 fully saturated rings. The Kier molecular flexibility index (Phi) is 5.77. The minimum atomic E-state index is 0.122. The number of nitrogens with zero attached hydrogens (tertiary/aromatic N) is 2. The molecule has 1 heterocycles. The summed E-state index contributed by atoms with van der Waals surface area (Å²) in [6, 6.07) is 10.9. The number of hydrogen-bond acceptors (Lipinski definition) is 3. The van der Waals surface area contributed by atoms with Crippen molar-refractivity contribution in [1.29, 1.82) is 0 Å². The molecule has 1 atom stereocenters. The highest BCUT2D eigenvalue weighted by Gasteiger charge is 2.09. The van der Waals surface area contributed by atoms with Crippen LogP contribution in [0, 0.1) is 0 Å². The van der Waals surface area contributed by atoms with Crippen LogP contribution >= 0.6 is 0 Å². The van der Waals surface area contributed by atoms with Crippen molar-refractivity contribution in [2.75, 3.05) is 6.61 Å². The molecule has 0 spiro atoms. The van der Waals surface area contributed by atoms with E-state index in [-0.39, 0.29) is 6.61 Å². The number of aromatic nitrogens is 2. The number of hydrogen-bond donors (Lipinski definition) is 2. The zero-order valence-electron chi connectivity index (χ0n) is 12.0. The molecule has 1 aromatic heterocycles. The summed E-state index contributed by atoms with van der Waals surface area (Å²) >= 11 is 0. The van der Waals surface area contributed by atoms with Gasteiger partial charge in [-0.2, -0.15) is 5.10 Å². The molecule has 0 radical (unpaired) electrons. The fraction of sp³-hybridized carbons (Fsp3) is 0.438. The van der Waals surface area contributed by atoms with Crippen LogP contribution in [-0.2, 0) is 13.1 Å². The first kappa shape index (κ1) is 14.8. The number of benzene rings is 1. The monoisotopic (exact) mass is 273 g/mol. The molecule has 2 rings (SSSR count). The SMILES string of the molecule is CCCC(NCc1cnn(CCO)c1)c1ccccc1. The fourth-order valence-electron chi connectivity index (χ4n) is 2.32. The van der Waals surface area contributed by atoms with Crippen LogP contribution in [0.5, 0.6) is 0 Å². The Bertz CT molecular complexity index is 495. The fourth-order valence-corrected chi connectivity index (χ4v) is 2.32. The summed E-state index contributed by atoms with van der Waals surface area (Å²) in [5, 5.41) is 16.7. The van der Waals surface area contributed by atoms with Gasteiger partial charge < -0.3 is 10.4 Å². The van der Waals surface area contributed by atoms with Gasteiger partial charge in [0.15, 0.2) is 0 Å². The highest BCUT2D eigenvalue weighted by atomic mass is 16.3. The maximum absolute atomic E-state index is 8.89. The molecule has 108 valence electrons. The third-order valence-electron chi connectivity index (χ3n) is 3.35. The van der Waals surface area contributed by atoms with Crippen LogP contribution in [0.4, 0.5) is 0 Å². The van der Waals surface area contributed by atoms with Gasteiger partial charge in [-0.25, -0.2) is 0 Å². The van der Waals surface area contributed by atoms with E-state index < -0.39 is 0 Å². The average Bonchev–Trinajstić information content (AvgIpc) is 2.92. The summed E-state index contributed by atoms with van der Waals surface area (Å²) in [7, 11) is 0. The van der Waals surface area contributed by atoms with E-state index in [4.69, 9.17) is 5.11 Å². The quantitative estimate of drug-likeness (QED) is 0.777. The van der Waals surface area contributed by atoms with Crippen LogP contribution in [-0.4, -0.2) is 21.5 Å². The van der Waals surface area contributed by atoms with Gasteiger partial charge in [-0.05, 0) is 12.0 Å². The summed E-state index contributed by atoms with van der Waals surface area (Å²) in [6.45, 7) is 3.68. The van der Waals surface area contributed by atoms with E-state index in [2.05, 4.69) is 41.6 Å². The van der Waals surface area contributed by atoms with Crippen LogP contribution < -0.4 is 5.32 Å². The molecule has 0 bridgehead atoms. The summed E-state index contributed by atoms with van der Waals surface area (Å²) in [4.78, 5) is 0. The Balaban J connectivity index is 1.94. The highest BCUT2D eigenvalue weighted by Crippen LogP contribution is 2.18. The molecule has 2 N–H and O–H groups in total. The van der Waals surface area contributed by atoms with Gasteiger partial charge in [0.05, 0.1) is 19.3 Å². The van der Waals surface area contributed by atoms with E-state index in [0.717, 1.165) is 24.9 Å². The Labute approximate surface area is 120 Å². The zero-order chi connectivity index (χ0) is 14.2. The van der Waals surface area contributed by atoms with E-state index in [0.29, 0.717) is 12.6 Å². The minimum absolute atomic E-state index is 0.122. The lowest BCUT2D eigenvalue weighted by Gasteiger charge is -2.18. The lowest BCUT2D eigenvalue weighted by molar-refractivity contribution is 0.269.